The summed E-state index contributed by atoms with van der Waals surface area (Å²) in [5, 5.41) is 3.74. The van der Waals surface area contributed by atoms with Crippen LogP contribution >= 0.6 is 15.9 Å². The molecule has 0 aliphatic rings. The molecule has 0 bridgehead atoms. The van der Waals surface area contributed by atoms with Crippen LogP contribution in [0.15, 0.2) is 24.3 Å². The maximum Gasteiger partial charge on any atom is 0.251 e. The van der Waals surface area contributed by atoms with E-state index in [1.807, 2.05) is 31.2 Å². The van der Waals surface area contributed by atoms with Gasteiger partial charge in [-0.1, -0.05) is 35.0 Å². The molecule has 3 nitrogen and oxygen atoms in total. The van der Waals surface area contributed by atoms with Gasteiger partial charge in [-0.25, -0.2) is 0 Å². The highest BCUT2D eigenvalue weighted by atomic mass is 79.9. The Hall–Kier alpha value is -0.680. The van der Waals surface area contributed by atoms with Gasteiger partial charge < -0.3 is 5.32 Å². The highest BCUT2D eigenvalue weighted by Crippen LogP contribution is 2.08. The molecular formula is C13H18BrNO2S. The van der Waals surface area contributed by atoms with E-state index in [9.17, 15) is 9.00 Å². The lowest BCUT2D eigenvalue weighted by Gasteiger charge is -2.09. The van der Waals surface area contributed by atoms with Gasteiger partial charge in [0.15, 0.2) is 0 Å². The Balaban J connectivity index is 2.42. The average Bonchev–Trinajstić information content (AvgIpc) is 2.38. The fourth-order valence-corrected chi connectivity index (χ4v) is 2.23. The Morgan fingerprint density at radius 2 is 2.00 bits per heavy atom. The number of hydrogen-bond acceptors (Lipinski definition) is 2. The van der Waals surface area contributed by atoms with Gasteiger partial charge >= 0.3 is 0 Å². The van der Waals surface area contributed by atoms with E-state index in [-0.39, 0.29) is 11.2 Å². The van der Waals surface area contributed by atoms with Crippen molar-refractivity contribution in [3.63, 3.8) is 0 Å². The fraction of sp³-hybridized carbons (Fsp3) is 0.462. The first kappa shape index (κ1) is 15.4. The number of halogens is 1. The quantitative estimate of drug-likeness (QED) is 0.814. The second kappa shape index (κ2) is 7.69. The molecule has 2 unspecified atom stereocenters. The van der Waals surface area contributed by atoms with Crippen LogP contribution in [0.25, 0.3) is 0 Å². The third-order valence-electron chi connectivity index (χ3n) is 2.77. The molecule has 1 aromatic rings. The van der Waals surface area contributed by atoms with Gasteiger partial charge in [-0.3, -0.25) is 9.00 Å². The van der Waals surface area contributed by atoms with Crippen molar-refractivity contribution in [2.24, 2.45) is 0 Å². The van der Waals surface area contributed by atoms with Crippen LogP contribution in [0.3, 0.4) is 0 Å². The molecule has 1 rings (SSSR count). The molecule has 0 radical (unpaired) electrons. The summed E-state index contributed by atoms with van der Waals surface area (Å²) in [6, 6.07) is 7.47. The summed E-state index contributed by atoms with van der Waals surface area (Å²) in [6.45, 7) is 2.48. The van der Waals surface area contributed by atoms with Gasteiger partial charge in [0.25, 0.3) is 5.91 Å². The minimum absolute atomic E-state index is 0.0785. The summed E-state index contributed by atoms with van der Waals surface area (Å²) < 4.78 is 11.2. The second-order valence-corrected chi connectivity index (χ2v) is 6.55. The van der Waals surface area contributed by atoms with E-state index in [0.29, 0.717) is 12.1 Å². The maximum absolute atomic E-state index is 11.8. The highest BCUT2D eigenvalue weighted by Gasteiger charge is 2.08. The number of nitrogens with one attached hydrogen (secondary N) is 1. The normalized spacial score (nSPS) is 13.9. The molecule has 18 heavy (non-hydrogen) atoms. The summed E-state index contributed by atoms with van der Waals surface area (Å²) in [7, 11) is -0.830. The minimum atomic E-state index is -0.830. The zero-order chi connectivity index (χ0) is 13.5. The van der Waals surface area contributed by atoms with Gasteiger partial charge in [0.05, 0.1) is 0 Å². The van der Waals surface area contributed by atoms with Gasteiger partial charge in [-0.2, -0.15) is 0 Å². The Morgan fingerprint density at radius 1 is 1.39 bits per heavy atom. The van der Waals surface area contributed by atoms with Gasteiger partial charge in [0.2, 0.25) is 0 Å². The Kier molecular flexibility index (Phi) is 6.57. The first-order valence-corrected chi connectivity index (χ1v) is 8.54. The molecule has 0 aliphatic carbocycles. The third kappa shape index (κ3) is 4.90. The first-order valence-electron chi connectivity index (χ1n) is 5.80. The van der Waals surface area contributed by atoms with Crippen molar-refractivity contribution in [1.29, 1.82) is 0 Å². The summed E-state index contributed by atoms with van der Waals surface area (Å²) in [5.41, 5.74) is 1.80. The molecule has 1 aromatic carbocycles. The molecular weight excluding hydrogens is 314 g/mol. The smallest absolute Gasteiger partial charge is 0.251 e. The molecule has 0 spiro atoms. The molecule has 1 N–H and O–H groups in total. The van der Waals surface area contributed by atoms with Gasteiger partial charge in [-0.15, -0.1) is 0 Å². The van der Waals surface area contributed by atoms with E-state index in [4.69, 9.17) is 0 Å². The monoisotopic (exact) mass is 331 g/mol. The number of benzene rings is 1. The Morgan fingerprint density at radius 3 is 2.50 bits per heavy atom. The maximum atomic E-state index is 11.8. The van der Waals surface area contributed by atoms with Crippen LogP contribution in [0.4, 0.5) is 0 Å². The van der Waals surface area contributed by atoms with Gasteiger partial charge in [0.1, 0.15) is 0 Å². The molecule has 0 saturated carbocycles. The van der Waals surface area contributed by atoms with E-state index in [1.54, 1.807) is 6.26 Å². The molecule has 5 heteroatoms. The Bertz CT molecular complexity index is 420. The number of alkyl halides is 1. The van der Waals surface area contributed by atoms with Crippen molar-refractivity contribution < 1.29 is 9.00 Å². The predicted octanol–water partition coefficient (Wildman–Crippen LogP) is 2.47. The topological polar surface area (TPSA) is 46.2 Å². The lowest BCUT2D eigenvalue weighted by molar-refractivity contribution is 0.0953. The summed E-state index contributed by atoms with van der Waals surface area (Å²) in [6.07, 6.45) is 2.42. The summed E-state index contributed by atoms with van der Waals surface area (Å²) >= 11 is 3.36. The molecule has 0 aromatic heterocycles. The van der Waals surface area contributed by atoms with Crippen LogP contribution in [-0.2, 0) is 16.1 Å². The van der Waals surface area contributed by atoms with Gasteiger partial charge in [-0.05, 0) is 24.1 Å². The van der Waals surface area contributed by atoms with Crippen molar-refractivity contribution in [2.75, 3.05) is 12.8 Å². The van der Waals surface area contributed by atoms with E-state index in [1.165, 1.54) is 0 Å². The first-order chi connectivity index (χ1) is 8.54. The van der Waals surface area contributed by atoms with Crippen molar-refractivity contribution in [2.45, 2.75) is 23.9 Å². The zero-order valence-corrected chi connectivity index (χ0v) is 13.0. The van der Waals surface area contributed by atoms with Crippen LogP contribution in [0.5, 0.6) is 0 Å². The van der Waals surface area contributed by atoms with Crippen LogP contribution < -0.4 is 5.32 Å². The standard InChI is InChI=1S/C13H18BrNO2S/c1-10(18(2)17)7-8-15-13(16)12-5-3-11(9-14)4-6-12/h3-6,10H,7-9H2,1-2H3,(H,15,16). The molecule has 2 atom stereocenters. The molecule has 0 aliphatic heterocycles. The van der Waals surface area contributed by atoms with Crippen LogP contribution in [0.2, 0.25) is 0 Å². The zero-order valence-electron chi connectivity index (χ0n) is 10.6. The second-order valence-electron chi connectivity index (χ2n) is 4.18. The van der Waals surface area contributed by atoms with Crippen molar-refractivity contribution in [3.05, 3.63) is 35.4 Å². The predicted molar refractivity (Wildman–Crippen MR) is 79.6 cm³/mol. The molecule has 0 fully saturated rings. The van der Waals surface area contributed by atoms with Crippen LogP contribution in [0, 0.1) is 0 Å². The number of amides is 1. The largest absolute Gasteiger partial charge is 0.352 e. The Labute approximate surface area is 119 Å². The summed E-state index contributed by atoms with van der Waals surface area (Å²) in [4.78, 5) is 11.8. The van der Waals surface area contributed by atoms with Crippen LogP contribution in [0.1, 0.15) is 29.3 Å². The van der Waals surface area contributed by atoms with Gasteiger partial charge in [0, 0.05) is 39.7 Å². The highest BCUT2D eigenvalue weighted by molar-refractivity contribution is 9.08. The molecule has 0 saturated heterocycles. The average molecular weight is 332 g/mol. The third-order valence-corrected chi connectivity index (χ3v) is 4.79. The number of carbonyl (C=O) groups is 1. The van der Waals surface area contributed by atoms with E-state index in [0.717, 1.165) is 17.3 Å². The molecule has 0 heterocycles. The lowest BCUT2D eigenvalue weighted by Crippen LogP contribution is -2.27. The molecule has 100 valence electrons. The number of hydrogen-bond donors (Lipinski definition) is 1. The van der Waals surface area contributed by atoms with Crippen molar-refractivity contribution in [3.8, 4) is 0 Å². The van der Waals surface area contributed by atoms with Crippen LogP contribution in [-0.4, -0.2) is 28.2 Å². The SMILES string of the molecule is CC(CCNC(=O)c1ccc(CBr)cc1)S(C)=O. The fourth-order valence-electron chi connectivity index (χ4n) is 1.40. The lowest BCUT2D eigenvalue weighted by atomic mass is 10.1. The molecule has 1 amide bonds. The van der Waals surface area contributed by atoms with Crippen molar-refractivity contribution >= 4 is 32.6 Å². The minimum Gasteiger partial charge on any atom is -0.352 e. The number of rotatable bonds is 6. The summed E-state index contributed by atoms with van der Waals surface area (Å²) in [5.74, 6) is -0.0785. The van der Waals surface area contributed by atoms with E-state index >= 15 is 0 Å². The van der Waals surface area contributed by atoms with Crippen molar-refractivity contribution in [1.82, 2.24) is 5.32 Å². The van der Waals surface area contributed by atoms with E-state index < -0.39 is 10.8 Å². The number of carbonyl (C=O) groups excluding carboxylic acids is 1. The van der Waals surface area contributed by atoms with E-state index in [2.05, 4.69) is 21.2 Å².